The molecule has 0 radical (unpaired) electrons. The molecule has 0 heterocycles. The summed E-state index contributed by atoms with van der Waals surface area (Å²) in [4.78, 5) is 23.6. The van der Waals surface area contributed by atoms with Gasteiger partial charge in [0.2, 0.25) is 0 Å². The van der Waals surface area contributed by atoms with Crippen molar-refractivity contribution < 1.29 is 40.3 Å². The van der Waals surface area contributed by atoms with E-state index in [1.165, 1.54) is 42.6 Å². The fourth-order valence-electron chi connectivity index (χ4n) is 2.29. The van der Waals surface area contributed by atoms with Gasteiger partial charge >= 0.3 is 23.9 Å². The lowest BCUT2D eigenvalue weighted by molar-refractivity contribution is -0.343. The summed E-state index contributed by atoms with van der Waals surface area (Å²) in [6, 6.07) is 8.53. The van der Waals surface area contributed by atoms with Gasteiger partial charge in [-0.3, -0.25) is 9.59 Å². The van der Waals surface area contributed by atoms with Crippen molar-refractivity contribution in [1.82, 2.24) is 5.43 Å². The number of hydrogen-bond donors (Lipinski definition) is 2. The fraction of sp³-hybridized carbons (Fsp3) is 0.211. The van der Waals surface area contributed by atoms with Gasteiger partial charge in [0.25, 0.3) is 5.91 Å². The van der Waals surface area contributed by atoms with Crippen LogP contribution in [0.5, 0.6) is 0 Å². The van der Waals surface area contributed by atoms with Gasteiger partial charge in [0, 0.05) is 10.7 Å². The lowest BCUT2D eigenvalue weighted by Crippen LogP contribution is -2.57. The topological polar surface area (TPSA) is 70.6 Å². The van der Waals surface area contributed by atoms with Gasteiger partial charge < -0.3 is 5.32 Å². The molecule has 0 bridgehead atoms. The lowest BCUT2D eigenvalue weighted by atomic mass is 10.1. The molecule has 0 saturated carbocycles. The van der Waals surface area contributed by atoms with E-state index in [4.69, 9.17) is 23.2 Å². The van der Waals surface area contributed by atoms with Crippen LogP contribution in [0.4, 0.5) is 36.4 Å². The second-order valence-corrected chi connectivity index (χ2v) is 7.29. The van der Waals surface area contributed by atoms with Crippen LogP contribution >= 0.6 is 23.2 Å². The van der Waals surface area contributed by atoms with Crippen molar-refractivity contribution in [3.63, 3.8) is 0 Å². The number of halogens is 9. The SMILES string of the molecule is C/C(=N\NC(=O)c1ccc(Cl)cc1Cl)c1cccc(NC(=O)C(F)(F)C(F)(F)C(F)(F)F)c1. The molecule has 178 valence electrons. The van der Waals surface area contributed by atoms with Crippen molar-refractivity contribution >= 4 is 46.4 Å². The fourth-order valence-corrected chi connectivity index (χ4v) is 2.78. The molecule has 0 spiro atoms. The van der Waals surface area contributed by atoms with Crippen molar-refractivity contribution in [2.75, 3.05) is 5.32 Å². The number of nitrogens with zero attached hydrogens (tertiary/aromatic N) is 1. The van der Waals surface area contributed by atoms with Gasteiger partial charge in [-0.1, -0.05) is 35.3 Å². The first-order chi connectivity index (χ1) is 15.1. The summed E-state index contributed by atoms with van der Waals surface area (Å²) < 4.78 is 89.8. The van der Waals surface area contributed by atoms with Crippen molar-refractivity contribution in [2.24, 2.45) is 5.10 Å². The molecule has 2 aromatic rings. The maximum Gasteiger partial charge on any atom is 0.460 e. The Morgan fingerprint density at radius 1 is 0.939 bits per heavy atom. The third kappa shape index (κ3) is 5.74. The average molecular weight is 518 g/mol. The third-order valence-corrected chi connectivity index (χ3v) is 4.62. The van der Waals surface area contributed by atoms with Crippen LogP contribution < -0.4 is 10.7 Å². The third-order valence-electron chi connectivity index (χ3n) is 4.07. The quantitative estimate of drug-likeness (QED) is 0.283. The zero-order valence-corrected chi connectivity index (χ0v) is 17.7. The van der Waals surface area contributed by atoms with Gasteiger partial charge in [-0.25, -0.2) is 5.43 Å². The Bertz CT molecular complexity index is 1110. The van der Waals surface area contributed by atoms with Crippen LogP contribution in [0.15, 0.2) is 47.6 Å². The Morgan fingerprint density at radius 3 is 2.15 bits per heavy atom. The summed E-state index contributed by atoms with van der Waals surface area (Å²) in [7, 11) is 0. The van der Waals surface area contributed by atoms with E-state index in [0.29, 0.717) is 0 Å². The van der Waals surface area contributed by atoms with Crippen molar-refractivity contribution in [3.05, 3.63) is 63.6 Å². The van der Waals surface area contributed by atoms with E-state index in [-0.39, 0.29) is 26.9 Å². The first kappa shape index (κ1) is 26.4. The van der Waals surface area contributed by atoms with Crippen molar-refractivity contribution in [2.45, 2.75) is 24.9 Å². The van der Waals surface area contributed by atoms with Crippen LogP contribution in [0.1, 0.15) is 22.8 Å². The van der Waals surface area contributed by atoms with E-state index in [1.54, 1.807) is 0 Å². The summed E-state index contributed by atoms with van der Waals surface area (Å²) in [6.45, 7) is 1.36. The Labute approximate surface area is 191 Å². The predicted octanol–water partition coefficient (Wildman–Crippen LogP) is 5.92. The molecule has 0 aromatic heterocycles. The maximum atomic E-state index is 13.5. The van der Waals surface area contributed by atoms with Gasteiger partial charge in [0.05, 0.1) is 16.3 Å². The minimum atomic E-state index is -6.65. The van der Waals surface area contributed by atoms with E-state index in [1.807, 2.05) is 0 Å². The monoisotopic (exact) mass is 517 g/mol. The molecule has 14 heteroatoms. The van der Waals surface area contributed by atoms with Crippen LogP contribution in [0, 0.1) is 0 Å². The zero-order valence-electron chi connectivity index (χ0n) is 16.2. The Kier molecular flexibility index (Phi) is 7.64. The van der Waals surface area contributed by atoms with Gasteiger partial charge in [-0.15, -0.1) is 0 Å². The second-order valence-electron chi connectivity index (χ2n) is 6.44. The van der Waals surface area contributed by atoms with E-state index in [0.717, 1.165) is 12.1 Å². The molecule has 0 saturated heterocycles. The molecule has 2 aromatic carbocycles. The molecule has 0 aliphatic carbocycles. The molecule has 0 unspecified atom stereocenters. The van der Waals surface area contributed by atoms with Crippen molar-refractivity contribution in [1.29, 1.82) is 0 Å². The number of amides is 2. The lowest BCUT2D eigenvalue weighted by Gasteiger charge is -2.27. The normalized spacial score (nSPS) is 13.0. The molecule has 33 heavy (non-hydrogen) atoms. The minimum absolute atomic E-state index is 0.0338. The number of rotatable bonds is 6. The van der Waals surface area contributed by atoms with Crippen LogP contribution in [0.3, 0.4) is 0 Å². The molecule has 0 fully saturated rings. The Hall–Kier alpha value is -2.86. The smallest absolute Gasteiger partial charge is 0.321 e. The highest BCUT2D eigenvalue weighted by atomic mass is 35.5. The zero-order chi connectivity index (χ0) is 25.2. The summed E-state index contributed by atoms with van der Waals surface area (Å²) >= 11 is 11.6. The summed E-state index contributed by atoms with van der Waals surface area (Å²) in [5.41, 5.74) is 1.86. The number of carbonyl (C=O) groups excluding carboxylic acids is 2. The van der Waals surface area contributed by atoms with Gasteiger partial charge in [-0.05, 0) is 42.8 Å². The minimum Gasteiger partial charge on any atom is -0.321 e. The largest absolute Gasteiger partial charge is 0.460 e. The number of hydrazone groups is 1. The first-order valence-electron chi connectivity index (χ1n) is 8.62. The summed E-state index contributed by atoms with van der Waals surface area (Å²) in [5.74, 6) is -16.3. The van der Waals surface area contributed by atoms with Gasteiger partial charge in [0.15, 0.2) is 0 Å². The number of carbonyl (C=O) groups is 2. The molecule has 0 aliphatic heterocycles. The van der Waals surface area contributed by atoms with Gasteiger partial charge in [-0.2, -0.15) is 35.8 Å². The van der Waals surface area contributed by atoms with Crippen molar-refractivity contribution in [3.8, 4) is 0 Å². The highest BCUT2D eigenvalue weighted by molar-refractivity contribution is 6.36. The van der Waals surface area contributed by atoms with E-state index < -0.39 is 35.5 Å². The van der Waals surface area contributed by atoms with E-state index in [2.05, 4.69) is 10.5 Å². The molecular formula is C19H12Cl2F7N3O2. The number of hydrogen-bond acceptors (Lipinski definition) is 3. The predicted molar refractivity (Wildman–Crippen MR) is 107 cm³/mol. The second kappa shape index (κ2) is 9.56. The average Bonchev–Trinajstić information content (AvgIpc) is 2.70. The maximum absolute atomic E-state index is 13.5. The summed E-state index contributed by atoms with van der Waals surface area (Å²) in [5, 5.41) is 5.41. The molecule has 2 amide bonds. The molecule has 5 nitrogen and oxygen atoms in total. The van der Waals surface area contributed by atoms with Gasteiger partial charge in [0.1, 0.15) is 0 Å². The molecular weight excluding hydrogens is 506 g/mol. The van der Waals surface area contributed by atoms with Crippen LogP contribution in [-0.2, 0) is 4.79 Å². The van der Waals surface area contributed by atoms with Crippen LogP contribution in [-0.4, -0.2) is 35.5 Å². The van der Waals surface area contributed by atoms with E-state index in [9.17, 15) is 40.3 Å². The molecule has 2 rings (SSSR count). The molecule has 0 atom stereocenters. The number of nitrogens with one attached hydrogen (secondary N) is 2. The highest BCUT2D eigenvalue weighted by Gasteiger charge is 2.76. The first-order valence-corrected chi connectivity index (χ1v) is 9.37. The van der Waals surface area contributed by atoms with E-state index >= 15 is 0 Å². The Balaban J connectivity index is 2.18. The summed E-state index contributed by atoms with van der Waals surface area (Å²) in [6.07, 6.45) is -6.65. The standard InChI is InChI=1S/C19H12Cl2F7N3O2/c1-9(30-31-15(32)13-6-5-11(20)8-14(13)21)10-3-2-4-12(7-10)29-16(33)17(22,23)18(24,25)19(26,27)28/h2-8H,1H3,(H,29,33)(H,31,32)/b30-9+. The number of anilines is 1. The molecule has 2 N–H and O–H groups in total. The number of alkyl halides is 7. The number of benzene rings is 2. The Morgan fingerprint density at radius 2 is 1.58 bits per heavy atom. The van der Waals surface area contributed by atoms with Crippen LogP contribution in [0.2, 0.25) is 10.0 Å². The molecule has 0 aliphatic rings. The van der Waals surface area contributed by atoms with Crippen LogP contribution in [0.25, 0.3) is 0 Å². The highest BCUT2D eigenvalue weighted by Crippen LogP contribution is 2.46.